The van der Waals surface area contributed by atoms with Crippen LogP contribution in [0.4, 0.5) is 23.0 Å². The van der Waals surface area contributed by atoms with Gasteiger partial charge in [0.05, 0.1) is 23.4 Å². The first kappa shape index (κ1) is 26.4. The van der Waals surface area contributed by atoms with Gasteiger partial charge in [-0.3, -0.25) is 10.1 Å². The fourth-order valence-electron chi connectivity index (χ4n) is 4.33. The summed E-state index contributed by atoms with van der Waals surface area (Å²) in [5, 5.41) is 25.6. The molecule has 38 heavy (non-hydrogen) atoms. The Hall–Kier alpha value is -4.71. The minimum absolute atomic E-state index is 0.0918. The van der Waals surface area contributed by atoms with Crippen molar-refractivity contribution in [2.75, 3.05) is 51.6 Å². The first-order chi connectivity index (χ1) is 18.1. The Morgan fingerprint density at radius 2 is 1.92 bits per heavy atom. The highest BCUT2D eigenvalue weighted by molar-refractivity contribution is 6.07. The van der Waals surface area contributed by atoms with Gasteiger partial charge in [0.25, 0.3) is 5.69 Å². The summed E-state index contributed by atoms with van der Waals surface area (Å²) in [5.74, 6) is -0.584. The normalized spacial score (nSPS) is 11.1. The molecule has 2 aromatic carbocycles. The van der Waals surface area contributed by atoms with Crippen LogP contribution in [0.2, 0.25) is 0 Å². The van der Waals surface area contributed by atoms with E-state index in [1.807, 2.05) is 43.3 Å². The highest BCUT2D eigenvalue weighted by atomic mass is 16.6. The summed E-state index contributed by atoms with van der Waals surface area (Å²) < 4.78 is 7.15. The van der Waals surface area contributed by atoms with Crippen LogP contribution in [0.25, 0.3) is 22.2 Å². The number of ether oxygens (including phenoxy) is 1. The van der Waals surface area contributed by atoms with Gasteiger partial charge in [-0.2, -0.15) is 0 Å². The van der Waals surface area contributed by atoms with Gasteiger partial charge < -0.3 is 29.5 Å². The predicted octanol–water partition coefficient (Wildman–Crippen LogP) is 3.99. The van der Waals surface area contributed by atoms with Crippen LogP contribution < -0.4 is 15.0 Å². The van der Waals surface area contributed by atoms with E-state index in [-0.39, 0.29) is 17.3 Å². The highest BCUT2D eigenvalue weighted by Crippen LogP contribution is 2.39. The molecule has 0 aliphatic carbocycles. The fraction of sp³-hybridized carbons (Fsp3) is 0.269. The van der Waals surface area contributed by atoms with E-state index < -0.39 is 10.9 Å². The zero-order chi connectivity index (χ0) is 27.6. The van der Waals surface area contributed by atoms with Gasteiger partial charge in [0.15, 0.2) is 0 Å². The number of nitrogens with one attached hydrogen (secondary N) is 1. The largest absolute Gasteiger partial charge is 0.494 e. The summed E-state index contributed by atoms with van der Waals surface area (Å²) in [7, 11) is 8.82. The molecule has 0 amide bonds. The molecule has 2 heterocycles. The number of methoxy groups -OCH3 is 1. The summed E-state index contributed by atoms with van der Waals surface area (Å²) >= 11 is 0. The Morgan fingerprint density at radius 1 is 1.18 bits per heavy atom. The third-order valence-corrected chi connectivity index (χ3v) is 6.25. The molecule has 0 spiro atoms. The first-order valence-electron chi connectivity index (χ1n) is 11.8. The van der Waals surface area contributed by atoms with E-state index in [0.29, 0.717) is 41.5 Å². The number of likely N-dealkylation sites (N-methyl/N-ethyl adjacent to an activating group) is 2. The van der Waals surface area contributed by atoms with Gasteiger partial charge in [-0.25, -0.2) is 14.8 Å². The van der Waals surface area contributed by atoms with E-state index >= 15 is 0 Å². The zero-order valence-electron chi connectivity index (χ0n) is 21.8. The molecule has 0 bridgehead atoms. The molecule has 12 nitrogen and oxygen atoms in total. The summed E-state index contributed by atoms with van der Waals surface area (Å²) in [4.78, 5) is 36.3. The number of aryl methyl sites for hydroxylation is 1. The number of hydrogen-bond donors (Lipinski definition) is 2. The quantitative estimate of drug-likeness (QED) is 0.233. The van der Waals surface area contributed by atoms with Crippen molar-refractivity contribution < 1.29 is 19.6 Å². The van der Waals surface area contributed by atoms with Crippen LogP contribution in [0.3, 0.4) is 0 Å². The average Bonchev–Trinajstić information content (AvgIpc) is 3.19. The van der Waals surface area contributed by atoms with E-state index in [9.17, 15) is 20.0 Å². The number of aromatic nitrogens is 3. The lowest BCUT2D eigenvalue weighted by Gasteiger charge is -2.22. The van der Waals surface area contributed by atoms with Crippen LogP contribution in [-0.2, 0) is 7.05 Å². The monoisotopic (exact) mass is 519 g/mol. The maximum Gasteiger partial charge on any atom is 0.353 e. The van der Waals surface area contributed by atoms with Crippen molar-refractivity contribution in [3.63, 3.8) is 0 Å². The molecule has 198 valence electrons. The van der Waals surface area contributed by atoms with Crippen molar-refractivity contribution in [2.24, 2.45) is 7.05 Å². The second-order valence-corrected chi connectivity index (χ2v) is 9.02. The zero-order valence-corrected chi connectivity index (χ0v) is 21.8. The van der Waals surface area contributed by atoms with Crippen molar-refractivity contribution >= 4 is 39.9 Å². The lowest BCUT2D eigenvalue weighted by Crippen LogP contribution is -2.28. The number of carbonyl (C=O) groups is 1. The Balaban J connectivity index is 1.76. The third kappa shape index (κ3) is 5.06. The second-order valence-electron chi connectivity index (χ2n) is 9.02. The van der Waals surface area contributed by atoms with E-state index in [2.05, 4.69) is 15.3 Å². The topological polar surface area (TPSA) is 139 Å². The van der Waals surface area contributed by atoms with Gasteiger partial charge in [0, 0.05) is 62.0 Å². The molecule has 0 atom stereocenters. The molecule has 0 aliphatic rings. The number of nitro groups is 1. The Kier molecular flexibility index (Phi) is 7.44. The van der Waals surface area contributed by atoms with E-state index in [1.165, 1.54) is 19.4 Å². The van der Waals surface area contributed by atoms with Crippen LogP contribution in [-0.4, -0.2) is 76.8 Å². The van der Waals surface area contributed by atoms with E-state index in [0.717, 1.165) is 10.9 Å². The second kappa shape index (κ2) is 10.7. The number of fused-ring (bicyclic) bond motifs is 1. The molecule has 12 heteroatoms. The fourth-order valence-corrected chi connectivity index (χ4v) is 4.33. The molecule has 0 saturated carbocycles. The minimum atomic E-state index is -1.09. The molecule has 0 unspecified atom stereocenters. The number of rotatable bonds is 10. The molecule has 2 N–H and O–H groups in total. The number of nitrogens with zero attached hydrogens (tertiary/aromatic N) is 6. The Labute approximate surface area is 219 Å². The lowest BCUT2D eigenvalue weighted by molar-refractivity contribution is -0.384. The molecular formula is C26H29N7O5. The van der Waals surface area contributed by atoms with Gasteiger partial charge in [0.2, 0.25) is 5.95 Å². The van der Waals surface area contributed by atoms with Crippen LogP contribution in [0.1, 0.15) is 10.5 Å². The van der Waals surface area contributed by atoms with Crippen LogP contribution in [0, 0.1) is 10.1 Å². The molecule has 0 saturated heterocycles. The standard InChI is InChI=1S/C26H29N7O5/c1-30(2)12-13-31(3)20-15-22(38-5)18(14-21(20)33(36)37)29-26-27-11-10-17(28-26)23-16-8-6-7-9-19(16)32(4)24(23)25(34)35/h6-11,14-15H,12-13H2,1-5H3,(H,34,35)(H,27,28,29). The first-order valence-corrected chi connectivity index (χ1v) is 11.8. The van der Waals surface area contributed by atoms with Gasteiger partial charge in [-0.15, -0.1) is 0 Å². The van der Waals surface area contributed by atoms with Crippen molar-refractivity contribution in [1.29, 1.82) is 0 Å². The van der Waals surface area contributed by atoms with Crippen molar-refractivity contribution in [2.45, 2.75) is 0 Å². The van der Waals surface area contributed by atoms with E-state index in [4.69, 9.17) is 4.74 Å². The Morgan fingerprint density at radius 3 is 2.58 bits per heavy atom. The van der Waals surface area contributed by atoms with Crippen LogP contribution in [0.5, 0.6) is 5.75 Å². The van der Waals surface area contributed by atoms with Crippen molar-refractivity contribution in [3.05, 3.63) is 64.5 Å². The predicted molar refractivity (Wildman–Crippen MR) is 146 cm³/mol. The van der Waals surface area contributed by atoms with Crippen molar-refractivity contribution in [1.82, 2.24) is 19.4 Å². The summed E-state index contributed by atoms with van der Waals surface area (Å²) in [6.07, 6.45) is 1.50. The maximum atomic E-state index is 12.2. The van der Waals surface area contributed by atoms with Gasteiger partial charge in [-0.05, 0) is 26.2 Å². The third-order valence-electron chi connectivity index (χ3n) is 6.25. The number of anilines is 3. The summed E-state index contributed by atoms with van der Waals surface area (Å²) in [5.41, 5.74) is 2.30. The minimum Gasteiger partial charge on any atom is -0.494 e. The SMILES string of the molecule is COc1cc(N(C)CCN(C)C)c([N+](=O)[O-])cc1Nc1nccc(-c2c(C(=O)O)n(C)c3ccccc23)n1. The molecule has 4 aromatic rings. The smallest absolute Gasteiger partial charge is 0.353 e. The number of benzene rings is 2. The summed E-state index contributed by atoms with van der Waals surface area (Å²) in [6.45, 7) is 1.29. The van der Waals surface area contributed by atoms with Gasteiger partial charge in [-0.1, -0.05) is 18.2 Å². The highest BCUT2D eigenvalue weighted by Gasteiger charge is 2.24. The number of para-hydroxylation sites is 1. The number of nitro benzene ring substituents is 1. The van der Waals surface area contributed by atoms with Crippen molar-refractivity contribution in [3.8, 4) is 17.0 Å². The molecule has 4 rings (SSSR count). The molecule has 0 radical (unpaired) electrons. The lowest BCUT2D eigenvalue weighted by atomic mass is 10.1. The molecular weight excluding hydrogens is 490 g/mol. The van der Waals surface area contributed by atoms with Crippen LogP contribution in [0.15, 0.2) is 48.7 Å². The Bertz CT molecular complexity index is 1520. The number of carboxylic acid groups (broad SMARTS) is 1. The van der Waals surface area contributed by atoms with Gasteiger partial charge in [0.1, 0.15) is 17.1 Å². The number of carboxylic acids is 1. The average molecular weight is 520 g/mol. The van der Waals surface area contributed by atoms with Crippen LogP contribution >= 0.6 is 0 Å². The van der Waals surface area contributed by atoms with Gasteiger partial charge >= 0.3 is 5.97 Å². The van der Waals surface area contributed by atoms with E-state index in [1.54, 1.807) is 35.7 Å². The number of hydrogen-bond acceptors (Lipinski definition) is 9. The number of aromatic carboxylic acids is 1. The molecule has 0 aliphatic heterocycles. The molecule has 0 fully saturated rings. The molecule has 2 aromatic heterocycles. The summed E-state index contributed by atoms with van der Waals surface area (Å²) in [6, 6.07) is 12.0. The maximum absolute atomic E-state index is 12.2.